The number of aliphatic hydroxyl groups excluding tert-OH is 1. The van der Waals surface area contributed by atoms with E-state index in [1.807, 2.05) is 44.2 Å². The summed E-state index contributed by atoms with van der Waals surface area (Å²) in [5, 5.41) is 9.59. The summed E-state index contributed by atoms with van der Waals surface area (Å²) >= 11 is 0. The number of hydrogen-bond acceptors (Lipinski definition) is 1. The quantitative estimate of drug-likeness (QED) is 0.627. The molecule has 0 saturated carbocycles. The van der Waals surface area contributed by atoms with Crippen LogP contribution in [0.5, 0.6) is 0 Å². The molecule has 0 aromatic rings. The van der Waals surface area contributed by atoms with Gasteiger partial charge in [0.05, 0.1) is 0 Å². The topological polar surface area (TPSA) is 20.2 Å². The Balaban J connectivity index is 3.05. The van der Waals surface area contributed by atoms with Gasteiger partial charge in [0.25, 0.3) is 0 Å². The molecule has 1 rings (SSSR count). The lowest BCUT2D eigenvalue weighted by atomic mass is 10.1. The van der Waals surface area contributed by atoms with Gasteiger partial charge in [-0.1, -0.05) is 30.4 Å². The van der Waals surface area contributed by atoms with Crippen molar-refractivity contribution in [2.45, 2.75) is 20.3 Å². The summed E-state index contributed by atoms with van der Waals surface area (Å²) in [6, 6.07) is 0. The molecule has 1 N–H and O–H groups in total. The zero-order valence-electron chi connectivity index (χ0n) is 7.54. The zero-order valence-corrected chi connectivity index (χ0v) is 7.54. The molecule has 0 spiro atoms. The predicted molar refractivity (Wildman–Crippen MR) is 52.0 cm³/mol. The highest BCUT2D eigenvalue weighted by Crippen LogP contribution is 2.20. The fourth-order valence-electron chi connectivity index (χ4n) is 1.21. The van der Waals surface area contributed by atoms with Crippen LogP contribution in [0.1, 0.15) is 20.3 Å². The predicted octanol–water partition coefficient (Wildman–Crippen LogP) is 3.28. The lowest BCUT2D eigenvalue weighted by Gasteiger charge is -2.03. The summed E-state index contributed by atoms with van der Waals surface area (Å²) in [6.45, 7) is 3.95. The van der Waals surface area contributed by atoms with E-state index < -0.39 is 0 Å². The second-order valence-electron chi connectivity index (χ2n) is 2.84. The number of hydrogen-bond donors (Lipinski definition) is 1. The van der Waals surface area contributed by atoms with Gasteiger partial charge in [-0.25, -0.2) is 0 Å². The molecule has 0 saturated heterocycles. The summed E-state index contributed by atoms with van der Waals surface area (Å²) in [5.41, 5.74) is 2.06. The monoisotopic (exact) mass is 162 g/mol. The van der Waals surface area contributed by atoms with Crippen molar-refractivity contribution >= 4 is 0 Å². The van der Waals surface area contributed by atoms with Crippen molar-refractivity contribution in [3.8, 4) is 0 Å². The van der Waals surface area contributed by atoms with Crippen LogP contribution in [0, 0.1) is 0 Å². The van der Waals surface area contributed by atoms with Crippen molar-refractivity contribution in [1.29, 1.82) is 0 Å². The Morgan fingerprint density at radius 3 is 2.92 bits per heavy atom. The molecule has 0 bridgehead atoms. The molecule has 0 amide bonds. The minimum absolute atomic E-state index is 0.454. The van der Waals surface area contributed by atoms with Crippen molar-refractivity contribution in [2.24, 2.45) is 0 Å². The minimum atomic E-state index is 0.454. The van der Waals surface area contributed by atoms with Gasteiger partial charge in [0.15, 0.2) is 0 Å². The molecule has 1 aliphatic rings. The minimum Gasteiger partial charge on any atom is -0.511 e. The molecule has 0 atom stereocenters. The molecule has 64 valence electrons. The van der Waals surface area contributed by atoms with E-state index in [0.29, 0.717) is 12.2 Å². The van der Waals surface area contributed by atoms with Gasteiger partial charge in [-0.3, -0.25) is 0 Å². The lowest BCUT2D eigenvalue weighted by molar-refractivity contribution is 0.397. The summed E-state index contributed by atoms with van der Waals surface area (Å²) in [5.74, 6) is 0.454. The SMILES string of the molecule is C/C=C\C1=C(O)CC=CC=C1C. The molecule has 0 heterocycles. The third kappa shape index (κ3) is 1.88. The molecule has 0 aliphatic heterocycles. The highest BCUT2D eigenvalue weighted by atomic mass is 16.3. The molecule has 0 fully saturated rings. The summed E-state index contributed by atoms with van der Waals surface area (Å²) < 4.78 is 0. The van der Waals surface area contributed by atoms with Crippen molar-refractivity contribution in [1.82, 2.24) is 0 Å². The van der Waals surface area contributed by atoms with Gasteiger partial charge in [0.1, 0.15) is 5.76 Å². The number of allylic oxidation sites excluding steroid dienone is 7. The number of aliphatic hydroxyl groups is 1. The van der Waals surface area contributed by atoms with E-state index in [-0.39, 0.29) is 0 Å². The van der Waals surface area contributed by atoms with Crippen LogP contribution in [0.2, 0.25) is 0 Å². The standard InChI is InChI=1S/C11H14O/c1-3-6-10-9(2)7-4-5-8-11(10)12/h3-7,12H,8H2,1-2H3/b6-3-. The van der Waals surface area contributed by atoms with Gasteiger partial charge in [0, 0.05) is 12.0 Å². The molecule has 0 radical (unpaired) electrons. The molecule has 12 heavy (non-hydrogen) atoms. The Hall–Kier alpha value is -1.24. The van der Waals surface area contributed by atoms with Gasteiger partial charge >= 0.3 is 0 Å². The van der Waals surface area contributed by atoms with E-state index in [9.17, 15) is 5.11 Å². The fraction of sp³-hybridized carbons (Fsp3) is 0.273. The molecular weight excluding hydrogens is 148 g/mol. The normalized spacial score (nSPS) is 18.3. The first-order valence-corrected chi connectivity index (χ1v) is 4.14. The lowest BCUT2D eigenvalue weighted by Crippen LogP contribution is -1.88. The molecule has 0 unspecified atom stereocenters. The van der Waals surface area contributed by atoms with E-state index in [1.54, 1.807) is 0 Å². The molecular formula is C11H14O. The van der Waals surface area contributed by atoms with Gasteiger partial charge in [-0.05, 0) is 19.4 Å². The first kappa shape index (κ1) is 8.85. The van der Waals surface area contributed by atoms with Crippen LogP contribution < -0.4 is 0 Å². The third-order valence-electron chi connectivity index (χ3n) is 1.86. The fourth-order valence-corrected chi connectivity index (χ4v) is 1.21. The Morgan fingerprint density at radius 2 is 2.25 bits per heavy atom. The maximum atomic E-state index is 9.59. The molecule has 1 heteroatoms. The largest absolute Gasteiger partial charge is 0.511 e. The Bertz CT molecular complexity index is 277. The molecule has 1 aliphatic carbocycles. The van der Waals surface area contributed by atoms with Crippen molar-refractivity contribution in [3.05, 3.63) is 47.3 Å². The average molecular weight is 162 g/mol. The highest BCUT2D eigenvalue weighted by Gasteiger charge is 2.04. The average Bonchev–Trinajstić information content (AvgIpc) is 2.19. The first-order chi connectivity index (χ1) is 5.75. The zero-order chi connectivity index (χ0) is 8.97. The van der Waals surface area contributed by atoms with Crippen LogP contribution in [0.3, 0.4) is 0 Å². The van der Waals surface area contributed by atoms with E-state index in [0.717, 1.165) is 11.1 Å². The van der Waals surface area contributed by atoms with Crippen LogP contribution in [-0.2, 0) is 0 Å². The van der Waals surface area contributed by atoms with E-state index in [1.165, 1.54) is 0 Å². The van der Waals surface area contributed by atoms with E-state index in [2.05, 4.69) is 0 Å². The molecule has 1 nitrogen and oxygen atoms in total. The number of rotatable bonds is 1. The second-order valence-corrected chi connectivity index (χ2v) is 2.84. The van der Waals surface area contributed by atoms with E-state index in [4.69, 9.17) is 0 Å². The smallest absolute Gasteiger partial charge is 0.103 e. The highest BCUT2D eigenvalue weighted by molar-refractivity contribution is 5.43. The van der Waals surface area contributed by atoms with Gasteiger partial charge < -0.3 is 5.11 Å². The Kier molecular flexibility index (Phi) is 2.92. The third-order valence-corrected chi connectivity index (χ3v) is 1.86. The van der Waals surface area contributed by atoms with Crippen LogP contribution in [0.15, 0.2) is 47.3 Å². The van der Waals surface area contributed by atoms with Gasteiger partial charge in [0.2, 0.25) is 0 Å². The second kappa shape index (κ2) is 3.96. The maximum absolute atomic E-state index is 9.59. The summed E-state index contributed by atoms with van der Waals surface area (Å²) in [7, 11) is 0. The van der Waals surface area contributed by atoms with Gasteiger partial charge in [-0.2, -0.15) is 0 Å². The van der Waals surface area contributed by atoms with Crippen molar-refractivity contribution in [3.63, 3.8) is 0 Å². The Labute approximate surface area is 73.4 Å². The first-order valence-electron chi connectivity index (χ1n) is 4.14. The maximum Gasteiger partial charge on any atom is 0.103 e. The van der Waals surface area contributed by atoms with Crippen LogP contribution >= 0.6 is 0 Å². The van der Waals surface area contributed by atoms with Crippen molar-refractivity contribution in [2.75, 3.05) is 0 Å². The summed E-state index contributed by atoms with van der Waals surface area (Å²) in [6.07, 6.45) is 10.5. The van der Waals surface area contributed by atoms with Crippen LogP contribution in [-0.4, -0.2) is 5.11 Å². The van der Waals surface area contributed by atoms with Crippen LogP contribution in [0.25, 0.3) is 0 Å². The van der Waals surface area contributed by atoms with E-state index >= 15 is 0 Å². The Morgan fingerprint density at radius 1 is 1.50 bits per heavy atom. The summed E-state index contributed by atoms with van der Waals surface area (Å²) in [4.78, 5) is 0. The van der Waals surface area contributed by atoms with Crippen molar-refractivity contribution < 1.29 is 5.11 Å². The van der Waals surface area contributed by atoms with Crippen LogP contribution in [0.4, 0.5) is 0 Å². The van der Waals surface area contributed by atoms with Gasteiger partial charge in [-0.15, -0.1) is 0 Å². The molecule has 0 aromatic heterocycles. The molecule has 0 aromatic carbocycles.